The number of nitrogens with one attached hydrogen (secondary N) is 2. The Hall–Kier alpha value is -2.09. The summed E-state index contributed by atoms with van der Waals surface area (Å²) in [6, 6.07) is 1.42. The molecule has 0 saturated heterocycles. The first-order chi connectivity index (χ1) is 10.4. The van der Waals surface area contributed by atoms with Gasteiger partial charge in [0.05, 0.1) is 0 Å². The lowest BCUT2D eigenvalue weighted by molar-refractivity contribution is -0.129. The second-order valence-corrected chi connectivity index (χ2v) is 4.75. The van der Waals surface area contributed by atoms with E-state index in [9.17, 15) is 22.8 Å². The SMILES string of the molecule is O=C(CCCCCCC(=O)Nc1cc(F)c(F)c(F)c1)NO. The number of anilines is 1. The number of halogens is 3. The molecule has 0 aliphatic heterocycles. The Kier molecular flexibility index (Phi) is 7.38. The van der Waals surface area contributed by atoms with Crippen molar-refractivity contribution in [2.24, 2.45) is 0 Å². The molecule has 5 nitrogen and oxygen atoms in total. The van der Waals surface area contributed by atoms with Crippen LogP contribution in [0.4, 0.5) is 18.9 Å². The summed E-state index contributed by atoms with van der Waals surface area (Å²) in [5, 5.41) is 10.6. The van der Waals surface area contributed by atoms with E-state index in [1.807, 2.05) is 0 Å². The Morgan fingerprint density at radius 2 is 1.41 bits per heavy atom. The first-order valence-corrected chi connectivity index (χ1v) is 6.81. The second kappa shape index (κ2) is 9.04. The molecule has 0 bridgehead atoms. The Morgan fingerprint density at radius 1 is 0.909 bits per heavy atom. The van der Waals surface area contributed by atoms with Crippen LogP contribution in [0, 0.1) is 17.5 Å². The molecule has 0 unspecified atom stereocenters. The van der Waals surface area contributed by atoms with E-state index in [4.69, 9.17) is 5.21 Å². The molecule has 0 aliphatic carbocycles. The zero-order valence-electron chi connectivity index (χ0n) is 11.8. The van der Waals surface area contributed by atoms with Gasteiger partial charge in [0.1, 0.15) is 0 Å². The Bertz CT molecular complexity index is 515. The van der Waals surface area contributed by atoms with E-state index >= 15 is 0 Å². The smallest absolute Gasteiger partial charge is 0.243 e. The predicted molar refractivity (Wildman–Crippen MR) is 72.6 cm³/mol. The average Bonchev–Trinajstić information content (AvgIpc) is 2.47. The number of amides is 2. The van der Waals surface area contributed by atoms with E-state index in [-0.39, 0.29) is 18.5 Å². The van der Waals surface area contributed by atoms with E-state index in [1.54, 1.807) is 0 Å². The number of hydroxylamine groups is 1. The Morgan fingerprint density at radius 3 is 1.91 bits per heavy atom. The van der Waals surface area contributed by atoms with Gasteiger partial charge in [0, 0.05) is 30.7 Å². The van der Waals surface area contributed by atoms with Gasteiger partial charge in [0.2, 0.25) is 11.8 Å². The molecule has 0 saturated carbocycles. The standard InChI is InChI=1S/C14H17F3N2O3/c15-10-7-9(8-11(16)14(10)17)18-12(20)5-3-1-2-4-6-13(21)19-22/h7-8,22H,1-6H2,(H,18,20)(H,19,21). The van der Waals surface area contributed by atoms with Crippen LogP contribution in [0.5, 0.6) is 0 Å². The van der Waals surface area contributed by atoms with Crippen LogP contribution in [0.1, 0.15) is 38.5 Å². The summed E-state index contributed by atoms with van der Waals surface area (Å²) in [6.45, 7) is 0. The van der Waals surface area contributed by atoms with Crippen molar-refractivity contribution in [3.05, 3.63) is 29.6 Å². The Labute approximate surface area is 125 Å². The number of hydrogen-bond acceptors (Lipinski definition) is 3. The highest BCUT2D eigenvalue weighted by atomic mass is 19.2. The van der Waals surface area contributed by atoms with Crippen LogP contribution < -0.4 is 10.8 Å². The molecular formula is C14H17F3N2O3. The minimum atomic E-state index is -1.58. The van der Waals surface area contributed by atoms with Gasteiger partial charge in [-0.15, -0.1) is 0 Å². The topological polar surface area (TPSA) is 78.4 Å². The molecule has 1 rings (SSSR count). The van der Waals surface area contributed by atoms with Gasteiger partial charge in [0.15, 0.2) is 17.5 Å². The third-order valence-electron chi connectivity index (χ3n) is 2.95. The summed E-state index contributed by atoms with van der Waals surface area (Å²) in [5.74, 6) is -5.20. The molecule has 122 valence electrons. The van der Waals surface area contributed by atoms with Crippen LogP contribution in [-0.4, -0.2) is 17.0 Å². The molecule has 0 spiro atoms. The van der Waals surface area contributed by atoms with Crippen molar-refractivity contribution in [3.8, 4) is 0 Å². The normalized spacial score (nSPS) is 10.4. The highest BCUT2D eigenvalue weighted by Gasteiger charge is 2.12. The molecule has 22 heavy (non-hydrogen) atoms. The molecule has 3 N–H and O–H groups in total. The highest BCUT2D eigenvalue weighted by Crippen LogP contribution is 2.17. The van der Waals surface area contributed by atoms with E-state index in [0.717, 1.165) is 0 Å². The minimum absolute atomic E-state index is 0.138. The molecule has 8 heteroatoms. The number of unbranched alkanes of at least 4 members (excludes halogenated alkanes) is 3. The summed E-state index contributed by atoms with van der Waals surface area (Å²) in [7, 11) is 0. The van der Waals surface area contributed by atoms with Crippen LogP contribution in [-0.2, 0) is 9.59 Å². The van der Waals surface area contributed by atoms with Crippen molar-refractivity contribution >= 4 is 17.5 Å². The summed E-state index contributed by atoms with van der Waals surface area (Å²) in [6.07, 6.45) is 2.88. The molecule has 0 radical (unpaired) electrons. The lowest BCUT2D eigenvalue weighted by Gasteiger charge is -2.06. The third-order valence-corrected chi connectivity index (χ3v) is 2.95. The van der Waals surface area contributed by atoms with Gasteiger partial charge in [-0.25, -0.2) is 18.7 Å². The van der Waals surface area contributed by atoms with Crippen LogP contribution in [0.15, 0.2) is 12.1 Å². The van der Waals surface area contributed by atoms with Crippen molar-refractivity contribution < 1.29 is 28.0 Å². The van der Waals surface area contributed by atoms with Gasteiger partial charge in [-0.1, -0.05) is 12.8 Å². The maximum Gasteiger partial charge on any atom is 0.243 e. The summed E-state index contributed by atoms with van der Waals surface area (Å²) in [4.78, 5) is 22.3. The van der Waals surface area contributed by atoms with E-state index in [0.29, 0.717) is 37.8 Å². The molecule has 2 amide bonds. The highest BCUT2D eigenvalue weighted by molar-refractivity contribution is 5.90. The number of carbonyl (C=O) groups is 2. The fourth-order valence-electron chi connectivity index (χ4n) is 1.83. The average molecular weight is 318 g/mol. The maximum atomic E-state index is 13.0. The molecule has 0 heterocycles. The van der Waals surface area contributed by atoms with Crippen molar-refractivity contribution in [1.82, 2.24) is 5.48 Å². The number of hydrogen-bond donors (Lipinski definition) is 3. The fourth-order valence-corrected chi connectivity index (χ4v) is 1.83. The monoisotopic (exact) mass is 318 g/mol. The number of rotatable bonds is 8. The van der Waals surface area contributed by atoms with Gasteiger partial charge in [-0.3, -0.25) is 14.8 Å². The molecule has 1 aromatic rings. The van der Waals surface area contributed by atoms with Crippen LogP contribution in [0.2, 0.25) is 0 Å². The third kappa shape index (κ3) is 6.13. The van der Waals surface area contributed by atoms with Gasteiger partial charge < -0.3 is 5.32 Å². The molecule has 0 fully saturated rings. The van der Waals surface area contributed by atoms with Gasteiger partial charge in [0.25, 0.3) is 0 Å². The lowest BCUT2D eigenvalue weighted by Crippen LogP contribution is -2.17. The quantitative estimate of drug-likeness (QED) is 0.298. The second-order valence-electron chi connectivity index (χ2n) is 4.75. The summed E-state index contributed by atoms with van der Waals surface area (Å²) >= 11 is 0. The van der Waals surface area contributed by atoms with Crippen molar-refractivity contribution in [1.29, 1.82) is 0 Å². The zero-order valence-corrected chi connectivity index (χ0v) is 11.8. The van der Waals surface area contributed by atoms with E-state index in [2.05, 4.69) is 5.32 Å². The van der Waals surface area contributed by atoms with E-state index < -0.39 is 29.3 Å². The fraction of sp³-hybridized carbons (Fsp3) is 0.429. The van der Waals surface area contributed by atoms with Crippen molar-refractivity contribution in [2.75, 3.05) is 5.32 Å². The zero-order chi connectivity index (χ0) is 16.5. The van der Waals surface area contributed by atoms with Crippen LogP contribution >= 0.6 is 0 Å². The first kappa shape index (κ1) is 18.0. The molecule has 0 aliphatic rings. The lowest BCUT2D eigenvalue weighted by atomic mass is 10.1. The first-order valence-electron chi connectivity index (χ1n) is 6.81. The maximum absolute atomic E-state index is 13.0. The minimum Gasteiger partial charge on any atom is -0.326 e. The summed E-state index contributed by atoms with van der Waals surface area (Å²) in [5.41, 5.74) is 1.39. The van der Waals surface area contributed by atoms with Crippen LogP contribution in [0.3, 0.4) is 0 Å². The van der Waals surface area contributed by atoms with Gasteiger partial charge in [-0.05, 0) is 12.8 Å². The molecule has 0 aromatic heterocycles. The number of carbonyl (C=O) groups excluding carboxylic acids is 2. The molecular weight excluding hydrogens is 301 g/mol. The van der Waals surface area contributed by atoms with Gasteiger partial charge >= 0.3 is 0 Å². The molecule has 1 aromatic carbocycles. The van der Waals surface area contributed by atoms with E-state index in [1.165, 1.54) is 5.48 Å². The number of benzene rings is 1. The van der Waals surface area contributed by atoms with Gasteiger partial charge in [-0.2, -0.15) is 0 Å². The van der Waals surface area contributed by atoms with Crippen molar-refractivity contribution in [2.45, 2.75) is 38.5 Å². The largest absolute Gasteiger partial charge is 0.326 e. The predicted octanol–water partition coefficient (Wildman–Crippen LogP) is 2.89. The Balaban J connectivity index is 2.25. The molecule has 0 atom stereocenters. The van der Waals surface area contributed by atoms with Crippen LogP contribution in [0.25, 0.3) is 0 Å². The van der Waals surface area contributed by atoms with Crippen molar-refractivity contribution in [3.63, 3.8) is 0 Å². The summed E-state index contributed by atoms with van der Waals surface area (Å²) < 4.78 is 38.7.